The van der Waals surface area contributed by atoms with Crippen molar-refractivity contribution in [2.24, 2.45) is 0 Å². The van der Waals surface area contributed by atoms with E-state index in [4.69, 9.17) is 26.6 Å². The zero-order valence-electron chi connectivity index (χ0n) is 24.3. The zero-order valence-corrected chi connectivity index (χ0v) is 26.3. The molecule has 0 fully saturated rings. The lowest BCUT2D eigenvalue weighted by Crippen LogP contribution is -2.46. The summed E-state index contributed by atoms with van der Waals surface area (Å²) < 4.78 is 34.5. The first kappa shape index (κ1) is 38.6. The van der Waals surface area contributed by atoms with Gasteiger partial charge in [0.1, 0.15) is 0 Å². The van der Waals surface area contributed by atoms with Gasteiger partial charge < -0.3 is 37.2 Å². The van der Waals surface area contributed by atoms with E-state index in [1.807, 2.05) is 62.4 Å². The first-order chi connectivity index (χ1) is 16.5. The number of nitrogens with one attached hydrogen (secondary N) is 2. The average Bonchev–Trinajstić information content (AvgIpc) is 2.82. The second kappa shape index (κ2) is 29.3. The van der Waals surface area contributed by atoms with Crippen molar-refractivity contribution in [1.29, 1.82) is 0 Å². The second-order valence-electron chi connectivity index (χ2n) is 7.02. The number of hydrogen-bond acceptors (Lipinski definition) is 8. The van der Waals surface area contributed by atoms with Gasteiger partial charge in [0.15, 0.2) is 0 Å². The lowest BCUT2D eigenvalue weighted by Gasteiger charge is -2.28. The summed E-state index contributed by atoms with van der Waals surface area (Å²) in [4.78, 5) is 0. The maximum absolute atomic E-state index is 5.78. The Morgan fingerprint density at radius 1 is 0.500 bits per heavy atom. The van der Waals surface area contributed by atoms with Crippen molar-refractivity contribution in [3.63, 3.8) is 0 Å². The van der Waals surface area contributed by atoms with Crippen LogP contribution >= 0.6 is 0 Å². The van der Waals surface area contributed by atoms with Crippen LogP contribution in [0.1, 0.15) is 81.6 Å². The van der Waals surface area contributed by atoms with Crippen molar-refractivity contribution in [2.45, 2.75) is 93.7 Å². The van der Waals surface area contributed by atoms with E-state index in [2.05, 4.69) is 17.6 Å². The topological polar surface area (TPSA) is 79.4 Å². The molecule has 0 aromatic carbocycles. The third-order valence-corrected chi connectivity index (χ3v) is 10.7. The predicted octanol–water partition coefficient (Wildman–Crippen LogP) is 5.10. The van der Waals surface area contributed by atoms with Gasteiger partial charge in [-0.25, -0.2) is 0 Å². The maximum atomic E-state index is 5.78. The highest BCUT2D eigenvalue weighted by Crippen LogP contribution is 2.18. The normalized spacial score (nSPS) is 11.5. The molecule has 0 aliphatic carbocycles. The van der Waals surface area contributed by atoms with Crippen molar-refractivity contribution in [3.05, 3.63) is 0 Å². The Labute approximate surface area is 214 Å². The minimum absolute atomic E-state index is 0.659. The third kappa shape index (κ3) is 21.4. The summed E-state index contributed by atoms with van der Waals surface area (Å²) in [6, 6.07) is 1.79. The van der Waals surface area contributed by atoms with Crippen molar-refractivity contribution in [1.82, 2.24) is 10.6 Å². The largest absolute Gasteiger partial charge is 0.500 e. The minimum Gasteiger partial charge on any atom is -0.374 e. The Kier molecular flexibility index (Phi) is 33.3. The molecule has 34 heavy (non-hydrogen) atoms. The van der Waals surface area contributed by atoms with Gasteiger partial charge in [0.2, 0.25) is 0 Å². The molecule has 8 nitrogen and oxygen atoms in total. The van der Waals surface area contributed by atoms with Crippen molar-refractivity contribution in [2.75, 3.05) is 66.3 Å². The fourth-order valence-electron chi connectivity index (χ4n) is 3.22. The molecule has 0 saturated carbocycles. The molecule has 0 aliphatic rings. The zero-order chi connectivity index (χ0) is 26.6. The van der Waals surface area contributed by atoms with Crippen LogP contribution in [0.4, 0.5) is 0 Å². The third-order valence-electron chi connectivity index (χ3n) is 4.36. The molecule has 0 bridgehead atoms. The van der Waals surface area contributed by atoms with Crippen molar-refractivity contribution < 1.29 is 26.6 Å². The molecule has 0 aliphatic heterocycles. The van der Waals surface area contributed by atoms with Gasteiger partial charge in [0.25, 0.3) is 0 Å². The summed E-state index contributed by atoms with van der Waals surface area (Å²) in [6.45, 7) is 25.1. The summed E-state index contributed by atoms with van der Waals surface area (Å²) in [5.74, 6) is 0. The Balaban J connectivity index is -0.000000530. The van der Waals surface area contributed by atoms with Gasteiger partial charge in [-0.3, -0.25) is 0 Å². The van der Waals surface area contributed by atoms with Crippen molar-refractivity contribution >= 4 is 17.6 Å². The molecule has 0 unspecified atom stereocenters. The summed E-state index contributed by atoms with van der Waals surface area (Å²) >= 11 is 0. The van der Waals surface area contributed by atoms with Crippen LogP contribution < -0.4 is 10.6 Å². The Morgan fingerprint density at radius 3 is 1.09 bits per heavy atom. The average molecular weight is 529 g/mol. The van der Waals surface area contributed by atoms with E-state index in [-0.39, 0.29) is 0 Å². The molecule has 210 valence electrons. The van der Waals surface area contributed by atoms with Crippen LogP contribution in [0.25, 0.3) is 0 Å². The molecule has 0 amide bonds. The molecular weight excluding hydrogens is 468 g/mol. The van der Waals surface area contributed by atoms with Gasteiger partial charge in [-0.15, -0.1) is 0 Å². The summed E-state index contributed by atoms with van der Waals surface area (Å²) in [6.07, 6.45) is 3.25. The van der Waals surface area contributed by atoms with Crippen LogP contribution in [0, 0.1) is 0 Å². The van der Waals surface area contributed by atoms with E-state index in [0.717, 1.165) is 44.6 Å². The molecule has 0 spiro atoms. The Hall–Kier alpha value is 0.114. The fourth-order valence-corrected chi connectivity index (χ4v) is 8.44. The SMILES string of the molecule is CC.CCCNCCC[Si](OCC)(OCC)OCC.CCO[Si](CCCNC)(OCC)OCC. The van der Waals surface area contributed by atoms with Gasteiger partial charge in [-0.05, 0) is 87.5 Å². The van der Waals surface area contributed by atoms with E-state index >= 15 is 0 Å². The van der Waals surface area contributed by atoms with Crippen LogP contribution in [0.5, 0.6) is 0 Å². The van der Waals surface area contributed by atoms with E-state index in [1.165, 1.54) is 6.42 Å². The van der Waals surface area contributed by atoms with E-state index in [0.29, 0.717) is 39.6 Å². The Morgan fingerprint density at radius 2 is 0.824 bits per heavy atom. The highest BCUT2D eigenvalue weighted by Gasteiger charge is 2.40. The van der Waals surface area contributed by atoms with Crippen LogP contribution in [0.3, 0.4) is 0 Å². The van der Waals surface area contributed by atoms with Gasteiger partial charge in [-0.2, -0.15) is 0 Å². The van der Waals surface area contributed by atoms with Gasteiger partial charge in [0, 0.05) is 51.7 Å². The molecule has 10 heteroatoms. The monoisotopic (exact) mass is 528 g/mol. The van der Waals surface area contributed by atoms with Crippen LogP contribution in [-0.4, -0.2) is 83.9 Å². The highest BCUT2D eigenvalue weighted by molar-refractivity contribution is 6.61. The summed E-state index contributed by atoms with van der Waals surface area (Å²) in [5, 5.41) is 6.51. The van der Waals surface area contributed by atoms with Gasteiger partial charge in [-0.1, -0.05) is 20.8 Å². The van der Waals surface area contributed by atoms with Gasteiger partial charge >= 0.3 is 17.6 Å². The number of rotatable bonds is 22. The predicted molar refractivity (Wildman–Crippen MR) is 149 cm³/mol. The maximum Gasteiger partial charge on any atom is 0.500 e. The van der Waals surface area contributed by atoms with Gasteiger partial charge in [0.05, 0.1) is 0 Å². The molecule has 0 aromatic rings. The van der Waals surface area contributed by atoms with E-state index in [9.17, 15) is 0 Å². The summed E-state index contributed by atoms with van der Waals surface area (Å²) in [5.41, 5.74) is 0. The van der Waals surface area contributed by atoms with E-state index in [1.54, 1.807) is 0 Å². The molecule has 0 atom stereocenters. The smallest absolute Gasteiger partial charge is 0.374 e. The molecule has 0 heterocycles. The van der Waals surface area contributed by atoms with Crippen LogP contribution in [-0.2, 0) is 26.6 Å². The molecule has 0 aromatic heterocycles. The molecular formula is C24H60N2O6Si2. The highest BCUT2D eigenvalue weighted by atomic mass is 28.4. The molecule has 2 N–H and O–H groups in total. The standard InChI is InChI=1S/C12H29NO3Si.C10H25NO3Si.C2H6/c1-5-10-13-11-9-12-17(14-6-2,15-7-3)16-8-4;1-5-12-15(13-6-2,14-7-3)10-8-9-11-4;1-2/h13H,5-12H2,1-4H3;11H,5-10H2,1-4H3;1-2H3. The first-order valence-electron chi connectivity index (χ1n) is 13.7. The lowest BCUT2D eigenvalue weighted by atomic mass is 10.4. The van der Waals surface area contributed by atoms with Crippen LogP contribution in [0.15, 0.2) is 0 Å². The number of hydrogen-bond donors (Lipinski definition) is 2. The molecule has 0 saturated heterocycles. The van der Waals surface area contributed by atoms with E-state index < -0.39 is 17.6 Å². The van der Waals surface area contributed by atoms with Crippen LogP contribution in [0.2, 0.25) is 12.1 Å². The minimum atomic E-state index is -2.40. The lowest BCUT2D eigenvalue weighted by molar-refractivity contribution is 0.0700. The fraction of sp³-hybridized carbons (Fsp3) is 1.00. The second-order valence-corrected chi connectivity index (χ2v) is 12.5. The first-order valence-corrected chi connectivity index (χ1v) is 17.5. The van der Waals surface area contributed by atoms with Crippen molar-refractivity contribution in [3.8, 4) is 0 Å². The quantitative estimate of drug-likeness (QED) is 0.148. The Bertz CT molecular complexity index is 351. The summed E-state index contributed by atoms with van der Waals surface area (Å²) in [7, 11) is -2.82. The molecule has 0 radical (unpaired) electrons. The molecule has 0 rings (SSSR count).